The summed E-state index contributed by atoms with van der Waals surface area (Å²) in [5.41, 5.74) is 0.515. The van der Waals surface area contributed by atoms with Crippen molar-refractivity contribution in [2.75, 3.05) is 46.1 Å². The van der Waals surface area contributed by atoms with E-state index >= 15 is 0 Å². The van der Waals surface area contributed by atoms with Crippen LogP contribution in [0.2, 0.25) is 0 Å². The van der Waals surface area contributed by atoms with Crippen LogP contribution in [0.1, 0.15) is 257 Å². The maximum atomic E-state index is 12.2. The molecular weight excluding hydrogens is 1240 g/mol. The molecule has 99 heavy (non-hydrogen) atoms. The van der Waals surface area contributed by atoms with Crippen molar-refractivity contribution in [3.63, 3.8) is 0 Å². The average Bonchev–Trinajstić information content (AvgIpc) is 0.766. The number of carboxylic acids is 3. The Labute approximate surface area is 600 Å². The van der Waals surface area contributed by atoms with Gasteiger partial charge >= 0.3 is 17.9 Å². The van der Waals surface area contributed by atoms with E-state index in [1.807, 2.05) is 0 Å². The second kappa shape index (κ2) is 33.7. The molecule has 16 nitrogen and oxygen atoms in total. The molecule has 0 aromatic rings. The van der Waals surface area contributed by atoms with Crippen LogP contribution >= 0.6 is 0 Å². The Hall–Kier alpha value is -2.25. The molecule has 0 aromatic heterocycles. The summed E-state index contributed by atoms with van der Waals surface area (Å²) in [7, 11) is 0. The molecule has 5 aliphatic carbocycles. The number of rotatable bonds is 18. The van der Waals surface area contributed by atoms with Crippen LogP contribution in [0, 0.1) is 110 Å². The largest absolute Gasteiger partial charge is 0.480 e. The van der Waals surface area contributed by atoms with Crippen molar-refractivity contribution in [3.05, 3.63) is 12.2 Å². The van der Waals surface area contributed by atoms with Crippen molar-refractivity contribution in [1.82, 2.24) is 31.9 Å². The van der Waals surface area contributed by atoms with Crippen LogP contribution in [0.25, 0.3) is 0 Å². The molecule has 5 saturated heterocycles. The van der Waals surface area contributed by atoms with E-state index < -0.39 is 36.0 Å². The number of aliphatic carboxylic acids is 3. The fraction of sp³-hybridized carbons (Fsp3) is 0.940. The van der Waals surface area contributed by atoms with Crippen LogP contribution in [-0.2, 0) is 33.3 Å². The van der Waals surface area contributed by atoms with Gasteiger partial charge < -0.3 is 60.9 Å². The summed E-state index contributed by atoms with van der Waals surface area (Å²) < 4.78 is 31.5. The lowest BCUT2D eigenvalue weighted by Crippen LogP contribution is -2.58. The Kier molecular flexibility index (Phi) is 26.5. The lowest BCUT2D eigenvalue weighted by atomic mass is 9.54. The van der Waals surface area contributed by atoms with E-state index in [1.54, 1.807) is 0 Å². The van der Waals surface area contributed by atoms with E-state index in [0.29, 0.717) is 108 Å². The van der Waals surface area contributed by atoms with Crippen molar-refractivity contribution in [2.24, 2.45) is 110 Å². The van der Waals surface area contributed by atoms with Gasteiger partial charge in [-0.25, -0.2) is 0 Å². The van der Waals surface area contributed by atoms with Crippen molar-refractivity contribution in [1.29, 1.82) is 0 Å². The van der Waals surface area contributed by atoms with Crippen molar-refractivity contribution >= 4 is 17.9 Å². The summed E-state index contributed by atoms with van der Waals surface area (Å²) in [6.07, 6.45) is 31.7. The number of hydrogen-bond donors (Lipinski definition) is 9. The standard InChI is InChI=1S/C83H144N6O10/c1-14-30-96-73-52-31-54-37-61(81(5,6)7)39-56(74(54)97-46-49-24-27-64(84-43-49)67-18-15-21-70(87-67)77(90)91)33-58-41-63(83(11,12)13)42-59(76(58)99-48-51-26-29-66(86-45-51)69-20-17-23-72(89-69)79(94)95)34-57-40-62(82(8,9)10)38-55(32-53(73)36-60(35-52)80(2,3)4)75(57)98-47-50-25-28-65(85-44-50)68-19-16-22-71(88-68)78(92)93/h15,18,49-76,84-89H,14,16-17,19-48H2,1-13H3,(H,90,91)(H,92,93)(H,94,95). The number of carbonyl (C=O) groups is 3. The highest BCUT2D eigenvalue weighted by atomic mass is 16.5. The SMILES string of the molecule is CCCOC1C2CC3CC(C(C)(C)C)CC(CC4CC(C(C)(C)C)CC(CC5CC(C(C)(C)C)CC(CC1CC(C(C)(C)C)C2)C5OCC1CCC(C2CCCC(C(=O)O)N2)NC1)C4OCC1CCC(C2CCCC(C(=O)O)N2)NC1)C3OCC1CCC(C2C=CCC(C(=O)O)N2)NC1. The second-order valence-electron chi connectivity index (χ2n) is 39.7. The molecule has 6 aliphatic heterocycles. The molecule has 566 valence electrons. The second-order valence-corrected chi connectivity index (χ2v) is 39.7. The molecule has 6 heterocycles. The third-order valence-corrected chi connectivity index (χ3v) is 28.7. The number of fused-ring (bicyclic) bond motifs is 8. The lowest BCUT2D eigenvalue weighted by Gasteiger charge is -2.55. The highest BCUT2D eigenvalue weighted by molar-refractivity contribution is 5.74. The van der Waals surface area contributed by atoms with Crippen LogP contribution in [0.15, 0.2) is 12.2 Å². The molecular formula is C83H144N6O10. The molecule has 10 fully saturated rings. The molecule has 0 amide bonds. The van der Waals surface area contributed by atoms with Crippen molar-refractivity contribution < 1.29 is 48.7 Å². The smallest absolute Gasteiger partial charge is 0.321 e. The Morgan fingerprint density at radius 2 is 0.687 bits per heavy atom. The Bertz CT molecular complexity index is 2590. The van der Waals surface area contributed by atoms with Gasteiger partial charge in [0.1, 0.15) is 18.1 Å². The van der Waals surface area contributed by atoms with Gasteiger partial charge in [-0.3, -0.25) is 19.7 Å². The van der Waals surface area contributed by atoms with Gasteiger partial charge in [0.25, 0.3) is 0 Å². The molecule has 0 aromatic carbocycles. The molecule has 5 saturated carbocycles. The fourth-order valence-corrected chi connectivity index (χ4v) is 22.6. The number of piperidine rings is 5. The van der Waals surface area contributed by atoms with Crippen molar-refractivity contribution in [2.45, 2.75) is 336 Å². The Balaban J connectivity index is 0.956. The quantitative estimate of drug-likeness (QED) is 0.0583. The minimum absolute atomic E-state index is 0.00112. The van der Waals surface area contributed by atoms with Gasteiger partial charge in [0, 0.05) is 62.5 Å². The summed E-state index contributed by atoms with van der Waals surface area (Å²) in [5, 5.41) is 52.4. The van der Waals surface area contributed by atoms with E-state index in [2.05, 4.69) is 134 Å². The third-order valence-electron chi connectivity index (χ3n) is 28.7. The molecule has 11 rings (SSSR count). The summed E-state index contributed by atoms with van der Waals surface area (Å²) >= 11 is 0. The molecule has 16 heteroatoms. The van der Waals surface area contributed by atoms with Crippen LogP contribution in [0.5, 0.6) is 0 Å². The van der Waals surface area contributed by atoms with E-state index in [1.165, 1.54) is 32.1 Å². The van der Waals surface area contributed by atoms with E-state index in [0.717, 1.165) is 162 Å². The molecule has 8 bridgehead atoms. The zero-order valence-corrected chi connectivity index (χ0v) is 64.4. The van der Waals surface area contributed by atoms with E-state index in [9.17, 15) is 29.7 Å². The van der Waals surface area contributed by atoms with Gasteiger partial charge in [-0.15, -0.1) is 0 Å². The molecule has 11 aliphatic rings. The average molecular weight is 1390 g/mol. The number of carboxylic acid groups (broad SMARTS) is 3. The van der Waals surface area contributed by atoms with Gasteiger partial charge in [-0.05, 0) is 277 Å². The number of nitrogens with one attached hydrogen (secondary N) is 6. The van der Waals surface area contributed by atoms with Gasteiger partial charge in [-0.2, -0.15) is 0 Å². The minimum Gasteiger partial charge on any atom is -0.480 e. The predicted molar refractivity (Wildman–Crippen MR) is 394 cm³/mol. The fourth-order valence-electron chi connectivity index (χ4n) is 22.6. The topological polar surface area (TPSA) is 221 Å². The van der Waals surface area contributed by atoms with Crippen LogP contribution < -0.4 is 31.9 Å². The highest BCUT2D eigenvalue weighted by Crippen LogP contribution is 2.58. The first-order valence-corrected chi connectivity index (χ1v) is 41.2. The minimum atomic E-state index is -0.777. The zero-order chi connectivity index (χ0) is 70.7. The van der Waals surface area contributed by atoms with Gasteiger partial charge in [0.15, 0.2) is 0 Å². The van der Waals surface area contributed by atoms with Crippen LogP contribution in [0.3, 0.4) is 0 Å². The summed E-state index contributed by atoms with van der Waals surface area (Å²) in [4.78, 5) is 36.5. The molecule has 0 radical (unpaired) electrons. The molecule has 0 spiro atoms. The third kappa shape index (κ3) is 20.1. The first-order valence-electron chi connectivity index (χ1n) is 41.2. The highest BCUT2D eigenvalue weighted by Gasteiger charge is 2.54. The normalized spacial score (nSPS) is 43.2. The molecule has 28 atom stereocenters. The first kappa shape index (κ1) is 77.8. The number of hydrogen-bond acceptors (Lipinski definition) is 13. The number of ether oxygens (including phenoxy) is 4. The zero-order valence-electron chi connectivity index (χ0n) is 64.4. The Morgan fingerprint density at radius 1 is 0.374 bits per heavy atom. The van der Waals surface area contributed by atoms with E-state index in [-0.39, 0.29) is 82.3 Å². The maximum Gasteiger partial charge on any atom is 0.321 e. The monoisotopic (exact) mass is 1390 g/mol. The summed E-state index contributed by atoms with van der Waals surface area (Å²) in [5.74, 6) is 4.15. The van der Waals surface area contributed by atoms with Crippen molar-refractivity contribution in [3.8, 4) is 0 Å². The van der Waals surface area contributed by atoms with Crippen LogP contribution in [0.4, 0.5) is 0 Å². The van der Waals surface area contributed by atoms with Gasteiger partial charge in [-0.1, -0.05) is 102 Å². The van der Waals surface area contributed by atoms with E-state index in [4.69, 9.17) is 18.9 Å². The lowest BCUT2D eigenvalue weighted by molar-refractivity contribution is -0.152. The van der Waals surface area contributed by atoms with Gasteiger partial charge in [0.05, 0.1) is 44.2 Å². The first-order chi connectivity index (χ1) is 46.9. The summed E-state index contributed by atoms with van der Waals surface area (Å²) in [6.45, 7) is 38.4. The Morgan fingerprint density at radius 3 is 0.970 bits per heavy atom. The van der Waals surface area contributed by atoms with Gasteiger partial charge in [0.2, 0.25) is 0 Å². The van der Waals surface area contributed by atoms with Crippen LogP contribution in [-0.4, -0.2) is 158 Å². The molecule has 28 unspecified atom stereocenters. The maximum absolute atomic E-state index is 12.2. The summed E-state index contributed by atoms with van der Waals surface area (Å²) in [6, 6.07) is -0.405. The predicted octanol–water partition coefficient (Wildman–Crippen LogP) is 13.9. The molecule has 9 N–H and O–H groups in total.